The molecule has 3 aliphatic heterocycles. The standard InChI is InChI=1S/C50H69N10O14P/c1-3-4-5-15-53-48-45-37(55-50(51)56-48)13-17-59(45)30-36-8-6-34(27-33(36)2)29-58-20-18-57(19-21-58)22-26-72-75(68,69)73-31-35-7-9-40(74-49-47(67)46(66)39(61)32-71-49)38(28-35)54-42(63)12-16-52-41(62)14-24-70-25-23-60-43(64)10-11-44(60)65/h6-11,13,17,27-28,39,46-47,49,61,66-67H,3-5,12,14-16,18-26,29-32H2,1-2H3,(H,52,62)(H,54,63)(H,68,69)(H3,51,53,55,56)/t39-,46+,47-,49+/m1/s1. The van der Waals surface area contributed by atoms with Crippen molar-refractivity contribution in [2.75, 3.05) is 95.2 Å². The normalized spacial score (nSPS) is 20.2. The summed E-state index contributed by atoms with van der Waals surface area (Å²) in [6.45, 7) is 9.27. The van der Waals surface area contributed by atoms with Gasteiger partial charge in [-0.3, -0.25) is 42.9 Å². The van der Waals surface area contributed by atoms with E-state index < -0.39 is 62.7 Å². The molecule has 0 aliphatic carbocycles. The van der Waals surface area contributed by atoms with Crippen LogP contribution in [0.4, 0.5) is 17.5 Å². The molecule has 1 unspecified atom stereocenters. The highest BCUT2D eigenvalue weighted by Gasteiger charge is 2.39. The molecule has 4 aromatic rings. The van der Waals surface area contributed by atoms with E-state index in [9.17, 15) is 44.0 Å². The van der Waals surface area contributed by atoms with Crippen LogP contribution in [0.15, 0.2) is 60.8 Å². The summed E-state index contributed by atoms with van der Waals surface area (Å²) in [5.41, 5.74) is 11.7. The Bertz CT molecular complexity index is 2660. The zero-order chi connectivity index (χ0) is 53.5. The number of carbonyl (C=O) groups is 4. The Kier molecular flexibility index (Phi) is 20.6. The van der Waals surface area contributed by atoms with Crippen molar-refractivity contribution in [3.63, 3.8) is 0 Å². The number of hydrogen-bond acceptors (Lipinski definition) is 19. The van der Waals surface area contributed by atoms with Crippen LogP contribution in [0.3, 0.4) is 0 Å². The molecule has 9 N–H and O–H groups in total. The summed E-state index contributed by atoms with van der Waals surface area (Å²) in [6.07, 6.45) is 1.46. The van der Waals surface area contributed by atoms with E-state index in [1.54, 1.807) is 0 Å². The Labute approximate surface area is 434 Å². The molecule has 2 aromatic heterocycles. The van der Waals surface area contributed by atoms with Crippen LogP contribution in [0.5, 0.6) is 5.75 Å². The predicted octanol–water partition coefficient (Wildman–Crippen LogP) is 2.02. The molecule has 5 atom stereocenters. The first-order valence-corrected chi connectivity index (χ1v) is 26.7. The van der Waals surface area contributed by atoms with Gasteiger partial charge in [0.05, 0.1) is 50.8 Å². The number of aromatic nitrogens is 3. The number of ether oxygens (including phenoxy) is 3. The molecule has 2 aromatic carbocycles. The number of hydrogen-bond donors (Lipinski definition) is 8. The van der Waals surface area contributed by atoms with E-state index in [1.807, 2.05) is 12.3 Å². The molecule has 0 spiro atoms. The number of nitrogen functional groups attached to an aromatic ring is 1. The van der Waals surface area contributed by atoms with Crippen LogP contribution in [0.1, 0.15) is 61.3 Å². The van der Waals surface area contributed by atoms with Gasteiger partial charge >= 0.3 is 7.82 Å². The van der Waals surface area contributed by atoms with E-state index in [0.29, 0.717) is 18.7 Å². The van der Waals surface area contributed by atoms with E-state index in [-0.39, 0.29) is 69.7 Å². The summed E-state index contributed by atoms with van der Waals surface area (Å²) in [4.78, 5) is 73.9. The first-order chi connectivity index (χ1) is 36.0. The second kappa shape index (κ2) is 27.2. The summed E-state index contributed by atoms with van der Waals surface area (Å²) in [5.74, 6) is -0.852. The fraction of sp³-hybridized carbons (Fsp3) is 0.520. The van der Waals surface area contributed by atoms with E-state index in [4.69, 9.17) is 29.0 Å². The number of aliphatic hydroxyl groups excluding tert-OH is 3. The number of aryl methyl sites for hydroxylation is 1. The van der Waals surface area contributed by atoms with Gasteiger partial charge < -0.3 is 60.7 Å². The molecule has 24 nitrogen and oxygen atoms in total. The molecule has 2 saturated heterocycles. The first-order valence-electron chi connectivity index (χ1n) is 25.2. The number of phosphoric ester groups is 1. The average molecular weight is 1070 g/mol. The van der Waals surface area contributed by atoms with Gasteiger partial charge in [0.25, 0.3) is 11.8 Å². The number of benzene rings is 2. The van der Waals surface area contributed by atoms with Crippen LogP contribution >= 0.6 is 7.82 Å². The summed E-state index contributed by atoms with van der Waals surface area (Å²) in [6, 6.07) is 12.8. The Balaban J connectivity index is 0.838. The minimum Gasteiger partial charge on any atom is -0.460 e. The van der Waals surface area contributed by atoms with Crippen molar-refractivity contribution in [3.05, 3.63) is 83.1 Å². The molecule has 2 fully saturated rings. The smallest absolute Gasteiger partial charge is 0.460 e. The van der Waals surface area contributed by atoms with Gasteiger partial charge in [0.1, 0.15) is 29.6 Å². The summed E-state index contributed by atoms with van der Waals surface area (Å²) in [5, 5.41) is 39.3. The third-order valence-corrected chi connectivity index (χ3v) is 13.9. The van der Waals surface area contributed by atoms with Crippen molar-refractivity contribution in [1.82, 2.24) is 34.6 Å². The number of nitrogens with zero attached hydrogens (tertiary/aromatic N) is 6. The molecule has 0 saturated carbocycles. The van der Waals surface area contributed by atoms with Crippen molar-refractivity contribution in [2.45, 2.75) is 90.2 Å². The molecule has 25 heteroatoms. The number of unbranched alkanes of at least 4 members (excludes halogenated alkanes) is 2. The SMILES string of the molecule is CCCCCNc1nc(N)nc2ccn(Cc3ccc(CN4CCN(CCOP(=O)(O)OCc5ccc(O[C@@H]6OC[C@@H](O)[C@H](O)[C@H]6O)c(NC(=O)CCNC(=O)CCOCCN6C(=O)C=CC6=O)c5)CC4)cc3C)c12. The minimum atomic E-state index is -4.54. The number of anilines is 3. The molecule has 3 aliphatic rings. The van der Waals surface area contributed by atoms with Gasteiger partial charge in [-0.25, -0.2) is 9.55 Å². The number of rotatable bonds is 28. The van der Waals surface area contributed by atoms with E-state index >= 15 is 0 Å². The van der Waals surface area contributed by atoms with Gasteiger partial charge in [-0.1, -0.05) is 44.0 Å². The predicted molar refractivity (Wildman–Crippen MR) is 275 cm³/mol. The number of nitrogens with two attached hydrogens (primary N) is 1. The maximum absolute atomic E-state index is 13.1. The topological polar surface area (TPSA) is 315 Å². The number of aliphatic hydroxyl groups is 3. The lowest BCUT2D eigenvalue weighted by atomic mass is 10.0. The number of amides is 4. The monoisotopic (exact) mass is 1060 g/mol. The Hall–Kier alpha value is -5.89. The van der Waals surface area contributed by atoms with E-state index in [0.717, 1.165) is 80.3 Å². The molecular formula is C50H69N10O14P. The lowest BCUT2D eigenvalue weighted by molar-refractivity contribution is -0.241. The molecule has 408 valence electrons. The van der Waals surface area contributed by atoms with Crippen molar-refractivity contribution in [1.29, 1.82) is 0 Å². The highest BCUT2D eigenvalue weighted by molar-refractivity contribution is 7.47. The molecule has 7 rings (SSSR count). The fourth-order valence-corrected chi connectivity index (χ4v) is 9.35. The van der Waals surface area contributed by atoms with Crippen molar-refractivity contribution in [2.24, 2.45) is 0 Å². The number of fused-ring (bicyclic) bond motifs is 1. The third-order valence-electron chi connectivity index (χ3n) is 12.9. The second-order valence-electron chi connectivity index (χ2n) is 18.6. The summed E-state index contributed by atoms with van der Waals surface area (Å²) < 4.78 is 42.4. The molecule has 5 heterocycles. The van der Waals surface area contributed by atoms with Gasteiger partial charge in [0, 0.05) is 90.1 Å². The van der Waals surface area contributed by atoms with Crippen LogP contribution in [-0.4, -0.2) is 176 Å². The quantitative estimate of drug-likeness (QED) is 0.0229. The fourth-order valence-electron chi connectivity index (χ4n) is 8.65. The summed E-state index contributed by atoms with van der Waals surface area (Å²) >= 11 is 0. The second-order valence-corrected chi connectivity index (χ2v) is 20.0. The van der Waals surface area contributed by atoms with Crippen molar-refractivity contribution >= 4 is 59.9 Å². The number of carbonyl (C=O) groups excluding carboxylic acids is 4. The van der Waals surface area contributed by atoms with E-state index in [2.05, 4.69) is 72.3 Å². The minimum absolute atomic E-state index is 0.00837. The Morgan fingerprint density at radius 1 is 0.853 bits per heavy atom. The van der Waals surface area contributed by atoms with Gasteiger partial charge in [-0.2, -0.15) is 4.98 Å². The van der Waals surface area contributed by atoms with Gasteiger partial charge in [-0.15, -0.1) is 0 Å². The van der Waals surface area contributed by atoms with Crippen LogP contribution < -0.4 is 26.4 Å². The average Bonchev–Trinajstić information content (AvgIpc) is 3.94. The van der Waals surface area contributed by atoms with Crippen LogP contribution in [0.25, 0.3) is 11.0 Å². The van der Waals surface area contributed by atoms with E-state index in [1.165, 1.54) is 47.0 Å². The molecule has 0 bridgehead atoms. The third kappa shape index (κ3) is 16.6. The largest absolute Gasteiger partial charge is 0.472 e. The Morgan fingerprint density at radius 3 is 2.37 bits per heavy atom. The Morgan fingerprint density at radius 2 is 1.61 bits per heavy atom. The number of phosphoric acid groups is 1. The first kappa shape index (κ1) is 56.8. The lowest BCUT2D eigenvalue weighted by Crippen LogP contribution is -2.54. The molecule has 75 heavy (non-hydrogen) atoms. The lowest BCUT2D eigenvalue weighted by Gasteiger charge is -2.35. The highest BCUT2D eigenvalue weighted by Crippen LogP contribution is 2.44. The van der Waals surface area contributed by atoms with Crippen LogP contribution in [-0.2, 0) is 62.0 Å². The molecule has 0 radical (unpaired) electrons. The van der Waals surface area contributed by atoms with Crippen LogP contribution in [0.2, 0.25) is 0 Å². The zero-order valence-electron chi connectivity index (χ0n) is 42.3. The van der Waals surface area contributed by atoms with Crippen LogP contribution in [0, 0.1) is 6.92 Å². The highest BCUT2D eigenvalue weighted by atomic mass is 31.2. The van der Waals surface area contributed by atoms with Gasteiger partial charge in [0.2, 0.25) is 24.1 Å². The number of imide groups is 1. The molecule has 4 amide bonds. The number of piperazine rings is 1. The maximum Gasteiger partial charge on any atom is 0.472 e. The van der Waals surface area contributed by atoms with Crippen molar-refractivity contribution < 1.29 is 67.2 Å². The van der Waals surface area contributed by atoms with Gasteiger partial charge in [0.15, 0.2) is 5.82 Å². The summed E-state index contributed by atoms with van der Waals surface area (Å²) in [7, 11) is -4.54. The zero-order valence-corrected chi connectivity index (χ0v) is 43.2. The van der Waals surface area contributed by atoms with Crippen molar-refractivity contribution in [3.8, 4) is 5.75 Å². The maximum atomic E-state index is 13.1. The van der Waals surface area contributed by atoms with Gasteiger partial charge in [-0.05, 0) is 53.8 Å². The molecular weight excluding hydrogens is 996 g/mol. The number of nitrogens with one attached hydrogen (secondary N) is 3.